The number of carbonyl (C=O) groups is 1. The van der Waals surface area contributed by atoms with E-state index in [0.717, 1.165) is 31.6 Å². The molecule has 1 atom stereocenters. The van der Waals surface area contributed by atoms with Gasteiger partial charge < -0.3 is 5.32 Å². The molecule has 0 aliphatic carbocycles. The van der Waals surface area contributed by atoms with E-state index in [-0.39, 0.29) is 6.04 Å². The number of rotatable bonds is 3. The highest BCUT2D eigenvalue weighted by Crippen LogP contribution is 2.15. The van der Waals surface area contributed by atoms with Crippen LogP contribution in [0.5, 0.6) is 0 Å². The first-order chi connectivity index (χ1) is 8.99. The van der Waals surface area contributed by atoms with Gasteiger partial charge in [0.05, 0.1) is 0 Å². The predicted molar refractivity (Wildman–Crippen MR) is 68.9 cm³/mol. The zero-order chi connectivity index (χ0) is 14.0. The second-order valence-electron chi connectivity index (χ2n) is 5.14. The number of likely N-dealkylation sites (tertiary alicyclic amines) is 1. The Labute approximate surface area is 111 Å². The van der Waals surface area contributed by atoms with E-state index in [2.05, 4.69) is 24.1 Å². The van der Waals surface area contributed by atoms with E-state index >= 15 is 0 Å². The van der Waals surface area contributed by atoms with Crippen LogP contribution in [0.15, 0.2) is 18.2 Å². The highest BCUT2D eigenvalue weighted by atomic mass is 19.1. The number of carbonyl (C=O) groups excluding carboxylic acids is 1. The summed E-state index contributed by atoms with van der Waals surface area (Å²) < 4.78 is 26.9. The van der Waals surface area contributed by atoms with Crippen molar-refractivity contribution >= 4 is 5.91 Å². The van der Waals surface area contributed by atoms with Crippen molar-refractivity contribution in [1.29, 1.82) is 0 Å². The molecule has 5 heteroatoms. The first kappa shape index (κ1) is 13.9. The van der Waals surface area contributed by atoms with Crippen molar-refractivity contribution in [3.8, 4) is 0 Å². The molecule has 2 rings (SSSR count). The van der Waals surface area contributed by atoms with Gasteiger partial charge in [0.2, 0.25) is 0 Å². The number of benzene rings is 1. The quantitative estimate of drug-likeness (QED) is 0.911. The van der Waals surface area contributed by atoms with Crippen molar-refractivity contribution in [2.45, 2.75) is 32.4 Å². The minimum atomic E-state index is -0.823. The Morgan fingerprint density at radius 1 is 1.37 bits per heavy atom. The molecule has 1 aliphatic heterocycles. The van der Waals surface area contributed by atoms with Gasteiger partial charge in [-0.1, -0.05) is 6.07 Å². The van der Waals surface area contributed by atoms with Gasteiger partial charge in [-0.05, 0) is 32.4 Å². The molecule has 1 aromatic carbocycles. The summed E-state index contributed by atoms with van der Waals surface area (Å²) in [7, 11) is 0. The molecule has 1 amide bonds. The van der Waals surface area contributed by atoms with E-state index < -0.39 is 23.1 Å². The first-order valence-electron chi connectivity index (χ1n) is 6.48. The molecular formula is C14H18F2N2O. The smallest absolute Gasteiger partial charge is 0.257 e. The third kappa shape index (κ3) is 3.10. The molecule has 0 aromatic heterocycles. The lowest BCUT2D eigenvalue weighted by Crippen LogP contribution is -2.39. The average Bonchev–Trinajstić information content (AvgIpc) is 2.77. The Hall–Kier alpha value is -1.49. The van der Waals surface area contributed by atoms with Gasteiger partial charge in [-0.2, -0.15) is 0 Å². The van der Waals surface area contributed by atoms with Crippen molar-refractivity contribution in [3.63, 3.8) is 0 Å². The Bertz CT molecular complexity index is 456. The summed E-state index contributed by atoms with van der Waals surface area (Å²) in [6.07, 6.45) is 0.806. The molecule has 1 aliphatic rings. The standard InChI is InChI=1S/C14H18F2N2O/c1-9(2)18-7-6-10(8-18)17-14(19)13-11(15)4-3-5-12(13)16/h3-5,9-10H,6-8H2,1-2H3,(H,17,19). The molecule has 1 aromatic rings. The van der Waals surface area contributed by atoms with Crippen LogP contribution in [0, 0.1) is 11.6 Å². The lowest BCUT2D eigenvalue weighted by atomic mass is 10.1. The van der Waals surface area contributed by atoms with Gasteiger partial charge >= 0.3 is 0 Å². The maximum atomic E-state index is 13.5. The molecule has 0 bridgehead atoms. The van der Waals surface area contributed by atoms with Crippen LogP contribution in [0.3, 0.4) is 0 Å². The predicted octanol–water partition coefficient (Wildman–Crippen LogP) is 2.18. The largest absolute Gasteiger partial charge is 0.348 e. The van der Waals surface area contributed by atoms with Gasteiger partial charge in [0.15, 0.2) is 0 Å². The minimum absolute atomic E-state index is 0.0473. The fourth-order valence-corrected chi connectivity index (χ4v) is 2.35. The Balaban J connectivity index is 2.03. The monoisotopic (exact) mass is 268 g/mol. The molecule has 1 fully saturated rings. The van der Waals surface area contributed by atoms with Crippen LogP contribution in [-0.4, -0.2) is 36.0 Å². The lowest BCUT2D eigenvalue weighted by Gasteiger charge is -2.20. The molecule has 0 saturated carbocycles. The molecule has 1 unspecified atom stereocenters. The SMILES string of the molecule is CC(C)N1CCC(NC(=O)c2c(F)cccc2F)C1. The van der Waals surface area contributed by atoms with Crippen LogP contribution < -0.4 is 5.32 Å². The Kier molecular flexibility index (Phi) is 4.14. The Morgan fingerprint density at radius 3 is 2.53 bits per heavy atom. The topological polar surface area (TPSA) is 32.3 Å². The maximum Gasteiger partial charge on any atom is 0.257 e. The molecule has 1 N–H and O–H groups in total. The zero-order valence-corrected chi connectivity index (χ0v) is 11.1. The van der Waals surface area contributed by atoms with E-state index in [9.17, 15) is 13.6 Å². The molecule has 1 saturated heterocycles. The third-order valence-electron chi connectivity index (χ3n) is 3.48. The van der Waals surface area contributed by atoms with Crippen LogP contribution in [0.1, 0.15) is 30.6 Å². The number of nitrogens with zero attached hydrogens (tertiary/aromatic N) is 1. The van der Waals surface area contributed by atoms with E-state index in [1.54, 1.807) is 0 Å². The summed E-state index contributed by atoms with van der Waals surface area (Å²) in [5.74, 6) is -2.32. The van der Waals surface area contributed by atoms with E-state index in [1.165, 1.54) is 6.07 Å². The minimum Gasteiger partial charge on any atom is -0.348 e. The van der Waals surface area contributed by atoms with Crippen LogP contribution in [0.25, 0.3) is 0 Å². The molecular weight excluding hydrogens is 250 g/mol. The Morgan fingerprint density at radius 2 is 2.00 bits per heavy atom. The molecule has 19 heavy (non-hydrogen) atoms. The normalized spacial score (nSPS) is 19.9. The highest BCUT2D eigenvalue weighted by molar-refractivity contribution is 5.94. The number of amides is 1. The van der Waals surface area contributed by atoms with Gasteiger partial charge in [-0.3, -0.25) is 9.69 Å². The molecule has 0 spiro atoms. The molecule has 0 radical (unpaired) electrons. The lowest BCUT2D eigenvalue weighted by molar-refractivity contribution is 0.0928. The average molecular weight is 268 g/mol. The second-order valence-corrected chi connectivity index (χ2v) is 5.14. The number of nitrogens with one attached hydrogen (secondary N) is 1. The summed E-state index contributed by atoms with van der Waals surface area (Å²) >= 11 is 0. The number of hydrogen-bond donors (Lipinski definition) is 1. The van der Waals surface area contributed by atoms with Crippen molar-refractivity contribution in [2.75, 3.05) is 13.1 Å². The van der Waals surface area contributed by atoms with Gasteiger partial charge in [-0.15, -0.1) is 0 Å². The van der Waals surface area contributed by atoms with Crippen molar-refractivity contribution < 1.29 is 13.6 Å². The van der Waals surface area contributed by atoms with Crippen LogP contribution >= 0.6 is 0 Å². The third-order valence-corrected chi connectivity index (χ3v) is 3.48. The zero-order valence-electron chi connectivity index (χ0n) is 11.1. The highest BCUT2D eigenvalue weighted by Gasteiger charge is 2.27. The number of halogens is 2. The van der Waals surface area contributed by atoms with Crippen molar-refractivity contribution in [2.24, 2.45) is 0 Å². The summed E-state index contributed by atoms with van der Waals surface area (Å²) in [6.45, 7) is 5.78. The fourth-order valence-electron chi connectivity index (χ4n) is 2.35. The maximum absolute atomic E-state index is 13.5. The van der Waals surface area contributed by atoms with Gasteiger partial charge in [-0.25, -0.2) is 8.78 Å². The summed E-state index contributed by atoms with van der Waals surface area (Å²) in [5, 5.41) is 2.70. The van der Waals surface area contributed by atoms with E-state index in [0.29, 0.717) is 6.04 Å². The van der Waals surface area contributed by atoms with Gasteiger partial charge in [0.1, 0.15) is 17.2 Å². The van der Waals surface area contributed by atoms with Crippen molar-refractivity contribution in [1.82, 2.24) is 10.2 Å². The first-order valence-corrected chi connectivity index (χ1v) is 6.48. The van der Waals surface area contributed by atoms with Crippen LogP contribution in [0.4, 0.5) is 8.78 Å². The van der Waals surface area contributed by atoms with Crippen LogP contribution in [0.2, 0.25) is 0 Å². The molecule has 1 heterocycles. The number of hydrogen-bond acceptors (Lipinski definition) is 2. The van der Waals surface area contributed by atoms with Gasteiger partial charge in [0.25, 0.3) is 5.91 Å². The van der Waals surface area contributed by atoms with Gasteiger partial charge in [0, 0.05) is 25.2 Å². The van der Waals surface area contributed by atoms with Crippen molar-refractivity contribution in [3.05, 3.63) is 35.4 Å². The second kappa shape index (κ2) is 5.65. The summed E-state index contributed by atoms with van der Waals surface area (Å²) in [4.78, 5) is 14.1. The van der Waals surface area contributed by atoms with E-state index in [1.807, 2.05) is 0 Å². The van der Waals surface area contributed by atoms with Crippen LogP contribution in [-0.2, 0) is 0 Å². The molecule has 104 valence electrons. The molecule has 3 nitrogen and oxygen atoms in total. The summed E-state index contributed by atoms with van der Waals surface area (Å²) in [5.41, 5.74) is -0.495. The van der Waals surface area contributed by atoms with E-state index in [4.69, 9.17) is 0 Å². The fraction of sp³-hybridized carbons (Fsp3) is 0.500. The summed E-state index contributed by atoms with van der Waals surface area (Å²) in [6, 6.07) is 3.79.